The van der Waals surface area contributed by atoms with Crippen LogP contribution >= 0.6 is 0 Å². The molecule has 0 spiro atoms. The van der Waals surface area contributed by atoms with Crippen LogP contribution in [0.25, 0.3) is 0 Å². The van der Waals surface area contributed by atoms with Gasteiger partial charge in [0.15, 0.2) is 0 Å². The fourth-order valence-electron chi connectivity index (χ4n) is 4.08. The zero-order valence-corrected chi connectivity index (χ0v) is 19.8. The van der Waals surface area contributed by atoms with Crippen LogP contribution in [0.3, 0.4) is 0 Å². The number of sulfonamides is 1. The molecule has 0 unspecified atom stereocenters. The summed E-state index contributed by atoms with van der Waals surface area (Å²) in [6, 6.07) is 20.2. The molecule has 1 aliphatic heterocycles. The van der Waals surface area contributed by atoms with Crippen LogP contribution in [0.4, 0.5) is 10.5 Å². The highest BCUT2D eigenvalue weighted by atomic mass is 32.2. The van der Waals surface area contributed by atoms with Gasteiger partial charge in [-0.25, -0.2) is 17.9 Å². The Hall–Kier alpha value is -3.65. The van der Waals surface area contributed by atoms with E-state index in [2.05, 4.69) is 11.4 Å². The molecule has 0 saturated heterocycles. The number of fused-ring (bicyclic) bond motifs is 1. The highest BCUT2D eigenvalue weighted by Gasteiger charge is 2.22. The van der Waals surface area contributed by atoms with Gasteiger partial charge in [-0.1, -0.05) is 42.5 Å². The zero-order chi connectivity index (χ0) is 24.1. The average Bonchev–Trinajstić information content (AvgIpc) is 3.06. The van der Waals surface area contributed by atoms with Gasteiger partial charge in [0.1, 0.15) is 0 Å². The Morgan fingerprint density at radius 2 is 1.68 bits per heavy atom. The van der Waals surface area contributed by atoms with Gasteiger partial charge < -0.3 is 10.2 Å². The minimum Gasteiger partial charge on any atom is -0.333 e. The number of nitrogens with zero attached hydrogens (tertiary/aromatic N) is 1. The van der Waals surface area contributed by atoms with Gasteiger partial charge in [0, 0.05) is 24.3 Å². The predicted molar refractivity (Wildman–Crippen MR) is 131 cm³/mol. The summed E-state index contributed by atoms with van der Waals surface area (Å²) in [5.74, 6) is -0.0522. The first-order valence-corrected chi connectivity index (χ1v) is 12.7. The number of carbonyl (C=O) groups excluding carboxylic acids is 2. The second-order valence-electron chi connectivity index (χ2n) is 8.29. The third-order valence-corrected chi connectivity index (χ3v) is 7.26. The lowest BCUT2D eigenvalue weighted by molar-refractivity contribution is 0.0986. The fraction of sp³-hybridized carbons (Fsp3) is 0.231. The molecule has 1 aliphatic rings. The van der Waals surface area contributed by atoms with E-state index in [1.165, 1.54) is 17.7 Å². The number of anilines is 1. The van der Waals surface area contributed by atoms with E-state index in [0.717, 1.165) is 36.1 Å². The number of para-hydroxylation sites is 1. The zero-order valence-electron chi connectivity index (χ0n) is 19.0. The Bertz CT molecular complexity index is 1310. The van der Waals surface area contributed by atoms with Crippen LogP contribution in [0, 0.1) is 6.92 Å². The summed E-state index contributed by atoms with van der Waals surface area (Å²) in [5.41, 5.74) is 4.35. The molecule has 4 rings (SSSR count). The van der Waals surface area contributed by atoms with Crippen molar-refractivity contribution in [3.8, 4) is 0 Å². The molecular formula is C26H27N3O4S. The number of aryl methyl sites for hydroxylation is 2. The van der Waals surface area contributed by atoms with Crippen molar-refractivity contribution in [2.45, 2.75) is 37.6 Å². The summed E-state index contributed by atoms with van der Waals surface area (Å²) in [6.07, 6.45) is 2.96. The first-order chi connectivity index (χ1) is 16.3. The van der Waals surface area contributed by atoms with Crippen LogP contribution in [0.2, 0.25) is 0 Å². The second kappa shape index (κ2) is 10.1. The molecule has 7 nitrogen and oxygen atoms in total. The van der Waals surface area contributed by atoms with Gasteiger partial charge in [-0.15, -0.1) is 0 Å². The van der Waals surface area contributed by atoms with Crippen molar-refractivity contribution in [3.63, 3.8) is 0 Å². The van der Waals surface area contributed by atoms with Crippen LogP contribution in [-0.2, 0) is 23.0 Å². The Balaban J connectivity index is 1.43. The molecule has 2 N–H and O–H groups in total. The number of amides is 3. The number of rotatable bonds is 5. The Morgan fingerprint density at radius 3 is 2.44 bits per heavy atom. The summed E-state index contributed by atoms with van der Waals surface area (Å²) in [6.45, 7) is 2.67. The maximum absolute atomic E-state index is 13.3. The van der Waals surface area contributed by atoms with Gasteiger partial charge in [-0.2, -0.15) is 0 Å². The molecule has 0 saturated carbocycles. The summed E-state index contributed by atoms with van der Waals surface area (Å²) in [4.78, 5) is 27.4. The van der Waals surface area contributed by atoms with E-state index in [4.69, 9.17) is 0 Å². The van der Waals surface area contributed by atoms with Gasteiger partial charge in [0.2, 0.25) is 0 Å². The minimum atomic E-state index is -3.94. The SMILES string of the molecule is Cc1cc(C(=O)N2CCCCc3ccccc32)ccc1CNC(=O)NS(=O)(=O)c1ccccc1. The minimum absolute atomic E-state index is 0.0132. The third kappa shape index (κ3) is 5.28. The van der Waals surface area contributed by atoms with Crippen LogP contribution in [0.1, 0.15) is 39.9 Å². The smallest absolute Gasteiger partial charge is 0.328 e. The molecule has 1 heterocycles. The Kier molecular flexibility index (Phi) is 6.98. The van der Waals surface area contributed by atoms with Crippen LogP contribution < -0.4 is 14.9 Å². The highest BCUT2D eigenvalue weighted by molar-refractivity contribution is 7.90. The lowest BCUT2D eigenvalue weighted by Gasteiger charge is -2.23. The van der Waals surface area contributed by atoms with E-state index in [1.54, 1.807) is 30.3 Å². The molecular weight excluding hydrogens is 450 g/mol. The quantitative estimate of drug-likeness (QED) is 0.577. The van der Waals surface area contributed by atoms with Crippen molar-refractivity contribution in [2.75, 3.05) is 11.4 Å². The molecule has 176 valence electrons. The fourth-order valence-corrected chi connectivity index (χ4v) is 5.03. The van der Waals surface area contributed by atoms with Crippen molar-refractivity contribution >= 4 is 27.6 Å². The van der Waals surface area contributed by atoms with Gasteiger partial charge in [0.25, 0.3) is 15.9 Å². The summed E-state index contributed by atoms with van der Waals surface area (Å²) in [7, 11) is -3.94. The molecule has 0 bridgehead atoms. The summed E-state index contributed by atoms with van der Waals surface area (Å²) in [5, 5.41) is 2.57. The molecule has 0 aliphatic carbocycles. The normalized spacial score (nSPS) is 13.5. The molecule has 0 fully saturated rings. The standard InChI is InChI=1S/C26H27N3O4S/c1-19-17-21(25(30)29-16-8-7-10-20-9-5-6-13-24(20)29)14-15-22(19)18-27-26(31)28-34(32,33)23-11-3-2-4-12-23/h2-6,9,11-15,17H,7-8,10,16,18H2,1H3,(H2,27,28,31). The molecule has 0 atom stereocenters. The molecule has 34 heavy (non-hydrogen) atoms. The Labute approximate surface area is 199 Å². The monoisotopic (exact) mass is 477 g/mol. The van der Waals surface area contributed by atoms with Crippen LogP contribution in [-0.4, -0.2) is 26.9 Å². The van der Waals surface area contributed by atoms with Gasteiger partial charge >= 0.3 is 6.03 Å². The lowest BCUT2D eigenvalue weighted by Crippen LogP contribution is -2.39. The topological polar surface area (TPSA) is 95.6 Å². The van der Waals surface area contributed by atoms with E-state index in [0.29, 0.717) is 12.1 Å². The van der Waals surface area contributed by atoms with E-state index >= 15 is 0 Å². The average molecular weight is 478 g/mol. The van der Waals surface area contributed by atoms with Gasteiger partial charge in [0.05, 0.1) is 4.90 Å². The predicted octanol–water partition coefficient (Wildman–Crippen LogP) is 4.17. The van der Waals surface area contributed by atoms with E-state index in [-0.39, 0.29) is 17.3 Å². The van der Waals surface area contributed by atoms with E-state index in [9.17, 15) is 18.0 Å². The largest absolute Gasteiger partial charge is 0.333 e. The van der Waals surface area contributed by atoms with Crippen molar-refractivity contribution in [1.29, 1.82) is 0 Å². The molecule has 3 amide bonds. The number of benzene rings is 3. The number of urea groups is 1. The maximum Gasteiger partial charge on any atom is 0.328 e. The lowest BCUT2D eigenvalue weighted by atomic mass is 10.0. The number of carbonyl (C=O) groups is 2. The first-order valence-electron chi connectivity index (χ1n) is 11.2. The molecule has 0 radical (unpaired) electrons. The molecule has 3 aromatic rings. The summed E-state index contributed by atoms with van der Waals surface area (Å²) < 4.78 is 26.6. The van der Waals surface area contributed by atoms with Crippen LogP contribution in [0.15, 0.2) is 77.7 Å². The highest BCUT2D eigenvalue weighted by Crippen LogP contribution is 2.28. The van der Waals surface area contributed by atoms with Gasteiger partial charge in [-0.05, 0) is 73.2 Å². The number of hydrogen-bond acceptors (Lipinski definition) is 4. The maximum atomic E-state index is 13.3. The number of hydrogen-bond donors (Lipinski definition) is 2. The summed E-state index contributed by atoms with van der Waals surface area (Å²) >= 11 is 0. The molecule has 3 aromatic carbocycles. The van der Waals surface area contributed by atoms with Gasteiger partial charge in [-0.3, -0.25) is 4.79 Å². The number of nitrogens with one attached hydrogen (secondary N) is 2. The van der Waals surface area contributed by atoms with E-state index < -0.39 is 16.1 Å². The van der Waals surface area contributed by atoms with Crippen molar-refractivity contribution in [2.24, 2.45) is 0 Å². The first kappa shape index (κ1) is 23.5. The van der Waals surface area contributed by atoms with Crippen molar-refractivity contribution in [3.05, 3.63) is 95.1 Å². The van der Waals surface area contributed by atoms with Crippen molar-refractivity contribution in [1.82, 2.24) is 10.0 Å². The van der Waals surface area contributed by atoms with E-state index in [1.807, 2.05) is 40.8 Å². The second-order valence-corrected chi connectivity index (χ2v) is 9.97. The molecule has 0 aromatic heterocycles. The third-order valence-electron chi connectivity index (χ3n) is 5.91. The Morgan fingerprint density at radius 1 is 0.941 bits per heavy atom. The van der Waals surface area contributed by atoms with Crippen molar-refractivity contribution < 1.29 is 18.0 Å². The molecule has 8 heteroatoms. The van der Waals surface area contributed by atoms with Crippen LogP contribution in [0.5, 0.6) is 0 Å².